The highest BCUT2D eigenvalue weighted by atomic mass is 19.1. The Balaban J connectivity index is 0.00000119. The molecule has 8 heteroatoms. The van der Waals surface area contributed by atoms with Gasteiger partial charge in [-0.15, -0.1) is 0 Å². The van der Waals surface area contributed by atoms with Crippen molar-refractivity contribution in [3.63, 3.8) is 0 Å². The lowest BCUT2D eigenvalue weighted by atomic mass is 9.83. The number of carbonyl (C=O) groups is 2. The van der Waals surface area contributed by atoms with Crippen molar-refractivity contribution in [1.82, 2.24) is 19.8 Å². The fourth-order valence-electron chi connectivity index (χ4n) is 4.47. The first-order valence-electron chi connectivity index (χ1n) is 10.5. The molecule has 2 aromatic heterocycles. The lowest BCUT2D eigenvalue weighted by molar-refractivity contribution is 0.00705. The minimum absolute atomic E-state index is 0.102. The normalized spacial score (nSPS) is 19.1. The molecule has 1 saturated heterocycles. The van der Waals surface area contributed by atoms with Crippen molar-refractivity contribution in [2.24, 2.45) is 0 Å². The first-order chi connectivity index (χ1) is 15.5. The van der Waals surface area contributed by atoms with Crippen molar-refractivity contribution in [3.8, 4) is 0 Å². The van der Waals surface area contributed by atoms with Crippen LogP contribution in [0.15, 0.2) is 61.1 Å². The van der Waals surface area contributed by atoms with Crippen LogP contribution in [0.5, 0.6) is 0 Å². The standard InChI is InChI=1S/C22H16F2N4O2.C2H6/c23-18-3-1-2-16-17(18)12-22(15-6-8-25-9-7-15)27(10-11-28(22)21(16)30)20(29)14-4-5-19(24)26-13-14;1-2/h1-9,13H,10-12H2;1-2H3. The number of hydrogen-bond donors (Lipinski definition) is 0. The number of fused-ring (bicyclic) bond motifs is 2. The van der Waals surface area contributed by atoms with Gasteiger partial charge < -0.3 is 9.80 Å². The van der Waals surface area contributed by atoms with E-state index in [9.17, 15) is 18.4 Å². The fourth-order valence-corrected chi connectivity index (χ4v) is 4.47. The van der Waals surface area contributed by atoms with E-state index in [4.69, 9.17) is 0 Å². The van der Waals surface area contributed by atoms with Gasteiger partial charge in [-0.1, -0.05) is 19.9 Å². The summed E-state index contributed by atoms with van der Waals surface area (Å²) >= 11 is 0. The van der Waals surface area contributed by atoms with E-state index in [0.717, 1.165) is 6.07 Å². The van der Waals surface area contributed by atoms with Crippen LogP contribution in [0.4, 0.5) is 8.78 Å². The molecule has 6 nitrogen and oxygen atoms in total. The van der Waals surface area contributed by atoms with Crippen molar-refractivity contribution < 1.29 is 18.4 Å². The minimum atomic E-state index is -1.21. The number of pyridine rings is 2. The molecule has 0 N–H and O–H groups in total. The minimum Gasteiger partial charge on any atom is -0.309 e. The molecule has 1 aromatic carbocycles. The maximum absolute atomic E-state index is 14.7. The molecule has 2 aliphatic heterocycles. The Labute approximate surface area is 184 Å². The summed E-state index contributed by atoms with van der Waals surface area (Å²) in [5, 5.41) is 0. The molecule has 3 aromatic rings. The van der Waals surface area contributed by atoms with Gasteiger partial charge in [0.25, 0.3) is 11.8 Å². The molecular weight excluding hydrogens is 414 g/mol. The number of hydrogen-bond acceptors (Lipinski definition) is 4. The summed E-state index contributed by atoms with van der Waals surface area (Å²) < 4.78 is 28.0. The Bertz CT molecular complexity index is 1150. The zero-order chi connectivity index (χ0) is 22.9. The van der Waals surface area contributed by atoms with E-state index in [2.05, 4.69) is 9.97 Å². The Morgan fingerprint density at radius 2 is 1.78 bits per heavy atom. The SMILES string of the molecule is CC.O=C(c1ccc(F)nc1)N1CCN2C(=O)c3cccc(F)c3CC12c1ccncc1. The van der Waals surface area contributed by atoms with Crippen LogP contribution >= 0.6 is 0 Å². The summed E-state index contributed by atoms with van der Waals surface area (Å²) in [6.07, 6.45) is 4.42. The Hall–Kier alpha value is -3.68. The molecule has 0 bridgehead atoms. The molecule has 1 unspecified atom stereocenters. The van der Waals surface area contributed by atoms with Crippen molar-refractivity contribution in [1.29, 1.82) is 0 Å². The maximum Gasteiger partial charge on any atom is 0.257 e. The monoisotopic (exact) mass is 436 g/mol. The second-order valence-electron chi connectivity index (χ2n) is 7.28. The summed E-state index contributed by atoms with van der Waals surface area (Å²) in [4.78, 5) is 37.5. The number of carbonyl (C=O) groups excluding carboxylic acids is 2. The van der Waals surface area contributed by atoms with Crippen LogP contribution in [0, 0.1) is 11.8 Å². The van der Waals surface area contributed by atoms with Crippen LogP contribution in [0.1, 0.15) is 45.7 Å². The van der Waals surface area contributed by atoms with Crippen LogP contribution in [0.3, 0.4) is 0 Å². The fraction of sp³-hybridized carbons (Fsp3) is 0.250. The predicted octanol–water partition coefficient (Wildman–Crippen LogP) is 3.79. The lowest BCUT2D eigenvalue weighted by Crippen LogP contribution is -2.58. The van der Waals surface area contributed by atoms with Crippen LogP contribution < -0.4 is 0 Å². The second kappa shape index (κ2) is 8.45. The van der Waals surface area contributed by atoms with Crippen LogP contribution in [-0.4, -0.2) is 44.7 Å². The van der Waals surface area contributed by atoms with E-state index in [-0.39, 0.29) is 36.5 Å². The van der Waals surface area contributed by atoms with E-state index in [1.54, 1.807) is 40.4 Å². The van der Waals surface area contributed by atoms with Gasteiger partial charge in [0, 0.05) is 54.8 Å². The third-order valence-electron chi connectivity index (χ3n) is 5.82. The predicted molar refractivity (Wildman–Crippen MR) is 114 cm³/mol. The molecule has 1 fully saturated rings. The van der Waals surface area contributed by atoms with Gasteiger partial charge in [-0.3, -0.25) is 14.6 Å². The third kappa shape index (κ3) is 3.23. The molecule has 164 valence electrons. The van der Waals surface area contributed by atoms with Crippen molar-refractivity contribution in [3.05, 3.63) is 95.1 Å². The van der Waals surface area contributed by atoms with Gasteiger partial charge in [0.2, 0.25) is 5.95 Å². The number of amides is 2. The number of benzene rings is 1. The highest BCUT2D eigenvalue weighted by Gasteiger charge is 2.56. The Kier molecular flexibility index (Phi) is 5.69. The summed E-state index contributed by atoms with van der Waals surface area (Å²) in [5.41, 5.74) is 0.213. The highest BCUT2D eigenvalue weighted by Crippen LogP contribution is 2.45. The molecular formula is C24H22F2N4O2. The van der Waals surface area contributed by atoms with E-state index < -0.39 is 23.3 Å². The van der Waals surface area contributed by atoms with Crippen LogP contribution in [-0.2, 0) is 12.1 Å². The van der Waals surface area contributed by atoms with Crippen LogP contribution in [0.25, 0.3) is 0 Å². The highest BCUT2D eigenvalue weighted by molar-refractivity contribution is 6.00. The van der Waals surface area contributed by atoms with Gasteiger partial charge in [-0.25, -0.2) is 9.37 Å². The molecule has 0 saturated carbocycles. The summed E-state index contributed by atoms with van der Waals surface area (Å²) in [7, 11) is 0. The quantitative estimate of drug-likeness (QED) is 0.574. The second-order valence-corrected chi connectivity index (χ2v) is 7.28. The smallest absolute Gasteiger partial charge is 0.257 e. The molecule has 2 amide bonds. The summed E-state index contributed by atoms with van der Waals surface area (Å²) in [5.74, 6) is -1.92. The number of aromatic nitrogens is 2. The average Bonchev–Trinajstić information content (AvgIpc) is 3.23. The molecule has 4 heterocycles. The van der Waals surface area contributed by atoms with Crippen molar-refractivity contribution in [2.45, 2.75) is 25.9 Å². The van der Waals surface area contributed by atoms with Gasteiger partial charge in [0.05, 0.1) is 5.56 Å². The van der Waals surface area contributed by atoms with Crippen molar-refractivity contribution >= 4 is 11.8 Å². The van der Waals surface area contributed by atoms with Crippen LogP contribution in [0.2, 0.25) is 0 Å². The first-order valence-corrected chi connectivity index (χ1v) is 10.5. The van der Waals surface area contributed by atoms with E-state index >= 15 is 0 Å². The average molecular weight is 436 g/mol. The summed E-state index contributed by atoms with van der Waals surface area (Å²) in [6, 6.07) is 10.3. The maximum atomic E-state index is 14.7. The summed E-state index contributed by atoms with van der Waals surface area (Å²) in [6.45, 7) is 4.54. The largest absolute Gasteiger partial charge is 0.309 e. The lowest BCUT2D eigenvalue weighted by Gasteiger charge is -2.47. The Morgan fingerprint density at radius 1 is 1.03 bits per heavy atom. The van der Waals surface area contributed by atoms with Gasteiger partial charge >= 0.3 is 0 Å². The van der Waals surface area contributed by atoms with E-state index in [0.29, 0.717) is 11.1 Å². The van der Waals surface area contributed by atoms with Gasteiger partial charge in [0.1, 0.15) is 11.5 Å². The number of nitrogens with zero attached hydrogens (tertiary/aromatic N) is 4. The van der Waals surface area contributed by atoms with Gasteiger partial charge in [0.15, 0.2) is 0 Å². The van der Waals surface area contributed by atoms with Crippen molar-refractivity contribution in [2.75, 3.05) is 13.1 Å². The zero-order valence-corrected chi connectivity index (χ0v) is 17.8. The number of rotatable bonds is 2. The molecule has 5 rings (SSSR count). The molecule has 2 aliphatic rings. The molecule has 0 radical (unpaired) electrons. The zero-order valence-electron chi connectivity index (χ0n) is 17.8. The molecule has 0 spiro atoms. The van der Waals surface area contributed by atoms with E-state index in [1.807, 2.05) is 13.8 Å². The van der Waals surface area contributed by atoms with Gasteiger partial charge in [-0.05, 0) is 36.4 Å². The van der Waals surface area contributed by atoms with Gasteiger partial charge in [-0.2, -0.15) is 4.39 Å². The topological polar surface area (TPSA) is 66.4 Å². The molecule has 0 aliphatic carbocycles. The first kappa shape index (κ1) is 21.5. The Morgan fingerprint density at radius 3 is 2.47 bits per heavy atom. The molecule has 1 atom stereocenters. The molecule has 32 heavy (non-hydrogen) atoms. The third-order valence-corrected chi connectivity index (χ3v) is 5.82. The number of halogens is 2. The van der Waals surface area contributed by atoms with E-state index in [1.165, 1.54) is 24.4 Å².